The summed E-state index contributed by atoms with van der Waals surface area (Å²) in [4.78, 5) is 14.6. The van der Waals surface area contributed by atoms with Gasteiger partial charge in [0.15, 0.2) is 0 Å². The minimum Gasteiger partial charge on any atom is -0.299 e. The number of hydrazine groups is 1. The molecule has 0 aromatic carbocycles. The lowest BCUT2D eigenvalue weighted by Crippen LogP contribution is -2.31. The van der Waals surface area contributed by atoms with Gasteiger partial charge in [-0.2, -0.15) is 0 Å². The zero-order valence-electron chi connectivity index (χ0n) is 10.5. The fraction of sp³-hybridized carbons (Fsp3) is 0.583. The van der Waals surface area contributed by atoms with Crippen LogP contribution in [0.25, 0.3) is 0 Å². The Hall–Kier alpha value is -0.910. The first kappa shape index (κ1) is 14.2. The molecule has 1 amide bonds. The molecule has 17 heavy (non-hydrogen) atoms. The van der Waals surface area contributed by atoms with E-state index in [1.165, 1.54) is 11.3 Å². The molecular formula is C12H21N3OS. The van der Waals surface area contributed by atoms with Crippen LogP contribution in [0.1, 0.15) is 41.9 Å². The van der Waals surface area contributed by atoms with Gasteiger partial charge in [-0.05, 0) is 42.9 Å². The topological polar surface area (TPSA) is 58.4 Å². The fourth-order valence-corrected chi connectivity index (χ4v) is 2.69. The quantitative estimate of drug-likeness (QED) is 0.445. The van der Waals surface area contributed by atoms with Gasteiger partial charge in [-0.15, -0.1) is 11.3 Å². The second-order valence-corrected chi connectivity index (χ2v) is 4.94. The van der Waals surface area contributed by atoms with Crippen molar-refractivity contribution >= 4 is 17.2 Å². The van der Waals surface area contributed by atoms with E-state index in [4.69, 9.17) is 5.84 Å². The van der Waals surface area contributed by atoms with Gasteiger partial charge < -0.3 is 0 Å². The summed E-state index contributed by atoms with van der Waals surface area (Å²) in [5.41, 5.74) is 3.27. The molecule has 0 aliphatic heterocycles. The molecule has 0 unspecified atom stereocenters. The SMILES string of the molecule is CCCN(CCC)Cc1ccsc1C(=O)NN. The average Bonchev–Trinajstić information content (AvgIpc) is 2.77. The van der Waals surface area contributed by atoms with Crippen LogP contribution in [-0.2, 0) is 6.54 Å². The molecule has 0 aliphatic rings. The van der Waals surface area contributed by atoms with Crippen molar-refractivity contribution in [3.63, 3.8) is 0 Å². The fourth-order valence-electron chi connectivity index (χ4n) is 1.87. The number of rotatable bonds is 7. The third-order valence-electron chi connectivity index (χ3n) is 2.56. The highest BCUT2D eigenvalue weighted by atomic mass is 32.1. The van der Waals surface area contributed by atoms with E-state index in [-0.39, 0.29) is 5.91 Å². The summed E-state index contributed by atoms with van der Waals surface area (Å²) in [6, 6.07) is 2.01. The summed E-state index contributed by atoms with van der Waals surface area (Å²) in [6.45, 7) is 7.29. The van der Waals surface area contributed by atoms with Gasteiger partial charge in [0, 0.05) is 6.54 Å². The number of carbonyl (C=O) groups excluding carboxylic acids is 1. The molecule has 0 spiro atoms. The summed E-state index contributed by atoms with van der Waals surface area (Å²) in [7, 11) is 0. The molecule has 0 aliphatic carbocycles. The van der Waals surface area contributed by atoms with Crippen LogP contribution in [0.5, 0.6) is 0 Å². The van der Waals surface area contributed by atoms with Crippen molar-refractivity contribution in [1.29, 1.82) is 0 Å². The number of hydrogen-bond acceptors (Lipinski definition) is 4. The molecule has 0 fully saturated rings. The molecule has 1 aromatic heterocycles. The van der Waals surface area contributed by atoms with Gasteiger partial charge in [0.2, 0.25) is 0 Å². The lowest BCUT2D eigenvalue weighted by molar-refractivity contribution is 0.0956. The summed E-state index contributed by atoms with van der Waals surface area (Å²) in [6.07, 6.45) is 2.26. The Labute approximate surface area is 107 Å². The zero-order valence-corrected chi connectivity index (χ0v) is 11.3. The van der Waals surface area contributed by atoms with Gasteiger partial charge >= 0.3 is 0 Å². The van der Waals surface area contributed by atoms with Crippen LogP contribution in [-0.4, -0.2) is 23.9 Å². The lowest BCUT2D eigenvalue weighted by Gasteiger charge is -2.20. The third-order valence-corrected chi connectivity index (χ3v) is 3.51. The standard InChI is InChI=1S/C12H21N3OS/c1-3-6-15(7-4-2)9-10-5-8-17-11(10)12(16)14-13/h5,8H,3-4,6-7,9,13H2,1-2H3,(H,14,16). The number of carbonyl (C=O) groups is 1. The van der Waals surface area contributed by atoms with Crippen molar-refractivity contribution in [1.82, 2.24) is 10.3 Å². The highest BCUT2D eigenvalue weighted by Gasteiger charge is 2.14. The van der Waals surface area contributed by atoms with E-state index in [2.05, 4.69) is 24.2 Å². The Kier molecular flexibility index (Phi) is 6.18. The third kappa shape index (κ3) is 4.11. The maximum absolute atomic E-state index is 11.5. The van der Waals surface area contributed by atoms with Gasteiger partial charge in [0.25, 0.3) is 5.91 Å². The maximum Gasteiger partial charge on any atom is 0.275 e. The molecule has 0 saturated carbocycles. The van der Waals surface area contributed by atoms with E-state index < -0.39 is 0 Å². The normalized spacial score (nSPS) is 10.8. The number of thiophene rings is 1. The molecule has 1 rings (SSSR count). The van der Waals surface area contributed by atoms with E-state index in [0.29, 0.717) is 0 Å². The molecular weight excluding hydrogens is 234 g/mol. The van der Waals surface area contributed by atoms with Crippen LogP contribution >= 0.6 is 11.3 Å². The highest BCUT2D eigenvalue weighted by molar-refractivity contribution is 7.12. The Bertz CT molecular complexity index is 345. The van der Waals surface area contributed by atoms with Crippen molar-refractivity contribution in [2.45, 2.75) is 33.2 Å². The lowest BCUT2D eigenvalue weighted by atomic mass is 10.2. The Morgan fingerprint density at radius 3 is 2.59 bits per heavy atom. The molecule has 3 N–H and O–H groups in total. The first-order valence-electron chi connectivity index (χ1n) is 6.02. The zero-order chi connectivity index (χ0) is 12.7. The second kappa shape index (κ2) is 7.42. The van der Waals surface area contributed by atoms with Crippen molar-refractivity contribution < 1.29 is 4.79 Å². The molecule has 0 bridgehead atoms. The number of nitrogen functional groups attached to an aromatic ring is 1. The molecule has 1 aromatic rings. The summed E-state index contributed by atoms with van der Waals surface area (Å²) in [5, 5.41) is 1.94. The van der Waals surface area contributed by atoms with E-state index >= 15 is 0 Å². The van der Waals surface area contributed by atoms with E-state index in [1.54, 1.807) is 0 Å². The van der Waals surface area contributed by atoms with Crippen LogP contribution in [0.2, 0.25) is 0 Å². The van der Waals surface area contributed by atoms with Crippen molar-refractivity contribution in [3.05, 3.63) is 21.9 Å². The van der Waals surface area contributed by atoms with Crippen LogP contribution < -0.4 is 11.3 Å². The molecule has 5 heteroatoms. The van der Waals surface area contributed by atoms with Crippen LogP contribution in [0, 0.1) is 0 Å². The summed E-state index contributed by atoms with van der Waals surface area (Å²) >= 11 is 1.44. The number of nitrogens with zero attached hydrogens (tertiary/aromatic N) is 1. The van der Waals surface area contributed by atoms with Crippen molar-refractivity contribution in [3.8, 4) is 0 Å². The molecule has 1 heterocycles. The minimum absolute atomic E-state index is 0.192. The van der Waals surface area contributed by atoms with Gasteiger partial charge in [-0.25, -0.2) is 5.84 Å². The molecule has 96 valence electrons. The van der Waals surface area contributed by atoms with Gasteiger partial charge in [0.1, 0.15) is 0 Å². The molecule has 4 nitrogen and oxygen atoms in total. The Morgan fingerprint density at radius 2 is 2.06 bits per heavy atom. The van der Waals surface area contributed by atoms with Crippen LogP contribution in [0.3, 0.4) is 0 Å². The average molecular weight is 255 g/mol. The van der Waals surface area contributed by atoms with E-state index in [1.807, 2.05) is 11.4 Å². The van der Waals surface area contributed by atoms with Gasteiger partial charge in [0.05, 0.1) is 4.88 Å². The molecule has 0 radical (unpaired) electrons. The van der Waals surface area contributed by atoms with Gasteiger partial charge in [-0.3, -0.25) is 15.1 Å². The summed E-state index contributed by atoms with van der Waals surface area (Å²) in [5.74, 6) is 4.98. The minimum atomic E-state index is -0.192. The Balaban J connectivity index is 2.71. The summed E-state index contributed by atoms with van der Waals surface area (Å²) < 4.78 is 0. The number of nitrogens with two attached hydrogens (primary N) is 1. The van der Waals surface area contributed by atoms with Crippen molar-refractivity contribution in [2.24, 2.45) is 5.84 Å². The van der Waals surface area contributed by atoms with E-state index in [9.17, 15) is 4.79 Å². The first-order chi connectivity index (χ1) is 8.22. The number of nitrogens with one attached hydrogen (secondary N) is 1. The predicted molar refractivity (Wildman–Crippen MR) is 71.8 cm³/mol. The monoisotopic (exact) mass is 255 g/mol. The largest absolute Gasteiger partial charge is 0.299 e. The molecule has 0 atom stereocenters. The smallest absolute Gasteiger partial charge is 0.275 e. The van der Waals surface area contributed by atoms with Crippen LogP contribution in [0.15, 0.2) is 11.4 Å². The van der Waals surface area contributed by atoms with E-state index in [0.717, 1.165) is 42.9 Å². The maximum atomic E-state index is 11.5. The van der Waals surface area contributed by atoms with Crippen LogP contribution in [0.4, 0.5) is 0 Å². The Morgan fingerprint density at radius 1 is 1.41 bits per heavy atom. The highest BCUT2D eigenvalue weighted by Crippen LogP contribution is 2.18. The van der Waals surface area contributed by atoms with Crippen molar-refractivity contribution in [2.75, 3.05) is 13.1 Å². The second-order valence-electron chi connectivity index (χ2n) is 4.02. The van der Waals surface area contributed by atoms with Gasteiger partial charge in [-0.1, -0.05) is 13.8 Å². The predicted octanol–water partition coefficient (Wildman–Crippen LogP) is 1.97. The first-order valence-corrected chi connectivity index (χ1v) is 6.90. The molecule has 0 saturated heterocycles. The number of hydrogen-bond donors (Lipinski definition) is 2. The number of amides is 1.